The number of amides is 1. The van der Waals surface area contributed by atoms with Gasteiger partial charge in [-0.2, -0.15) is 0 Å². The molecule has 0 aliphatic rings. The fourth-order valence-electron chi connectivity index (χ4n) is 1.88. The molecule has 104 valence electrons. The van der Waals surface area contributed by atoms with E-state index in [-0.39, 0.29) is 5.91 Å². The number of likely N-dealkylation sites (N-methyl/N-ethyl adjacent to an activating group) is 1. The van der Waals surface area contributed by atoms with E-state index in [2.05, 4.69) is 10.3 Å². The molecule has 0 saturated heterocycles. The average Bonchev–Trinajstić information content (AvgIpc) is 2.49. The van der Waals surface area contributed by atoms with Crippen molar-refractivity contribution in [3.63, 3.8) is 0 Å². The van der Waals surface area contributed by atoms with Crippen LogP contribution in [-0.2, 0) is 17.9 Å². The van der Waals surface area contributed by atoms with E-state index in [1.165, 1.54) is 0 Å². The average molecular weight is 269 g/mol. The Morgan fingerprint density at radius 1 is 1.15 bits per heavy atom. The van der Waals surface area contributed by atoms with E-state index < -0.39 is 0 Å². The van der Waals surface area contributed by atoms with E-state index in [1.807, 2.05) is 55.6 Å². The van der Waals surface area contributed by atoms with Gasteiger partial charge in [-0.1, -0.05) is 36.4 Å². The molecule has 0 bridgehead atoms. The van der Waals surface area contributed by atoms with E-state index in [0.717, 1.165) is 11.3 Å². The minimum Gasteiger partial charge on any atom is -0.340 e. The van der Waals surface area contributed by atoms with Crippen LogP contribution in [0.5, 0.6) is 0 Å². The van der Waals surface area contributed by atoms with Crippen LogP contribution in [0.25, 0.3) is 0 Å². The lowest BCUT2D eigenvalue weighted by molar-refractivity contribution is -0.129. The second-order valence-electron chi connectivity index (χ2n) is 4.66. The normalized spacial score (nSPS) is 10.2. The molecular formula is C16H19N3O. The highest BCUT2D eigenvalue weighted by Gasteiger charge is 2.08. The van der Waals surface area contributed by atoms with Crippen molar-refractivity contribution >= 4 is 5.91 Å². The Balaban J connectivity index is 1.74. The van der Waals surface area contributed by atoms with Crippen molar-refractivity contribution in [1.82, 2.24) is 15.2 Å². The van der Waals surface area contributed by atoms with Gasteiger partial charge in [0.05, 0.1) is 12.2 Å². The van der Waals surface area contributed by atoms with Crippen molar-refractivity contribution in [2.75, 3.05) is 13.6 Å². The van der Waals surface area contributed by atoms with Crippen LogP contribution in [0.3, 0.4) is 0 Å². The van der Waals surface area contributed by atoms with E-state index >= 15 is 0 Å². The Kier molecular flexibility index (Phi) is 5.26. The van der Waals surface area contributed by atoms with Gasteiger partial charge < -0.3 is 10.2 Å². The molecule has 2 aromatic rings. The fourth-order valence-corrected chi connectivity index (χ4v) is 1.88. The third-order valence-corrected chi connectivity index (χ3v) is 3.00. The van der Waals surface area contributed by atoms with Gasteiger partial charge in [-0.25, -0.2) is 0 Å². The zero-order chi connectivity index (χ0) is 14.2. The molecule has 2 rings (SSSR count). The molecule has 20 heavy (non-hydrogen) atoms. The molecule has 1 N–H and O–H groups in total. The molecule has 4 heteroatoms. The number of nitrogens with one attached hydrogen (secondary N) is 1. The predicted molar refractivity (Wildman–Crippen MR) is 78.9 cm³/mol. The summed E-state index contributed by atoms with van der Waals surface area (Å²) in [6, 6.07) is 15.7. The van der Waals surface area contributed by atoms with Crippen molar-refractivity contribution in [1.29, 1.82) is 0 Å². The molecule has 0 fully saturated rings. The molecule has 1 aromatic carbocycles. The van der Waals surface area contributed by atoms with Crippen molar-refractivity contribution in [3.8, 4) is 0 Å². The number of rotatable bonds is 6. The molecular weight excluding hydrogens is 250 g/mol. The summed E-state index contributed by atoms with van der Waals surface area (Å²) in [4.78, 5) is 17.9. The lowest BCUT2D eigenvalue weighted by atomic mass is 10.2. The first-order valence-corrected chi connectivity index (χ1v) is 6.64. The van der Waals surface area contributed by atoms with Gasteiger partial charge in [0.2, 0.25) is 5.91 Å². The summed E-state index contributed by atoms with van der Waals surface area (Å²) in [6.45, 7) is 1.55. The molecule has 4 nitrogen and oxygen atoms in total. The first kappa shape index (κ1) is 14.2. The maximum absolute atomic E-state index is 12.0. The largest absolute Gasteiger partial charge is 0.340 e. The molecule has 1 heterocycles. The number of aromatic nitrogens is 1. The molecule has 0 radical (unpaired) electrons. The number of carbonyl (C=O) groups is 1. The molecule has 0 saturated carbocycles. The van der Waals surface area contributed by atoms with Crippen LogP contribution in [0.4, 0.5) is 0 Å². The number of nitrogens with zero attached hydrogens (tertiary/aromatic N) is 2. The number of hydrogen-bond donors (Lipinski definition) is 1. The maximum Gasteiger partial charge on any atom is 0.236 e. The molecule has 0 aliphatic carbocycles. The topological polar surface area (TPSA) is 45.2 Å². The molecule has 0 atom stereocenters. The van der Waals surface area contributed by atoms with Crippen LogP contribution < -0.4 is 5.32 Å². The zero-order valence-electron chi connectivity index (χ0n) is 11.6. The van der Waals surface area contributed by atoms with Crippen molar-refractivity contribution in [2.24, 2.45) is 0 Å². The summed E-state index contributed by atoms with van der Waals surface area (Å²) < 4.78 is 0. The number of hydrogen-bond acceptors (Lipinski definition) is 3. The Morgan fingerprint density at radius 2 is 1.90 bits per heavy atom. The lowest BCUT2D eigenvalue weighted by Crippen LogP contribution is -2.35. The standard InChI is InChI=1S/C16H19N3O/c1-19(13-14-7-3-2-4-8-14)16(20)12-17-11-15-9-5-6-10-18-15/h2-10,17H,11-13H2,1H3. The van der Waals surface area contributed by atoms with Gasteiger partial charge >= 0.3 is 0 Å². The summed E-state index contributed by atoms with van der Waals surface area (Å²) in [5.41, 5.74) is 2.07. The zero-order valence-corrected chi connectivity index (χ0v) is 11.6. The second-order valence-corrected chi connectivity index (χ2v) is 4.66. The summed E-state index contributed by atoms with van der Waals surface area (Å²) in [5, 5.41) is 3.11. The highest BCUT2D eigenvalue weighted by atomic mass is 16.2. The molecule has 0 unspecified atom stereocenters. The van der Waals surface area contributed by atoms with Gasteiger partial charge in [-0.05, 0) is 17.7 Å². The van der Waals surface area contributed by atoms with Crippen molar-refractivity contribution in [2.45, 2.75) is 13.1 Å². The summed E-state index contributed by atoms with van der Waals surface area (Å²) in [5.74, 6) is 0.0739. The Morgan fingerprint density at radius 3 is 2.60 bits per heavy atom. The summed E-state index contributed by atoms with van der Waals surface area (Å²) >= 11 is 0. The van der Waals surface area contributed by atoms with E-state index in [9.17, 15) is 4.79 Å². The minimum absolute atomic E-state index is 0.0739. The van der Waals surface area contributed by atoms with Gasteiger partial charge in [0, 0.05) is 26.3 Å². The third kappa shape index (κ3) is 4.48. The van der Waals surface area contributed by atoms with Crippen LogP contribution in [0.15, 0.2) is 54.7 Å². The Labute approximate surface area is 119 Å². The van der Waals surface area contributed by atoms with Crippen LogP contribution in [-0.4, -0.2) is 29.4 Å². The molecule has 1 aromatic heterocycles. The Bertz CT molecular complexity index is 528. The van der Waals surface area contributed by atoms with Crippen molar-refractivity contribution in [3.05, 3.63) is 66.0 Å². The smallest absolute Gasteiger partial charge is 0.236 e. The highest BCUT2D eigenvalue weighted by molar-refractivity contribution is 5.77. The second kappa shape index (κ2) is 7.40. The fraction of sp³-hybridized carbons (Fsp3) is 0.250. The quantitative estimate of drug-likeness (QED) is 0.870. The number of carbonyl (C=O) groups excluding carboxylic acids is 1. The van der Waals surface area contributed by atoms with Gasteiger partial charge in [0.15, 0.2) is 0 Å². The van der Waals surface area contributed by atoms with E-state index in [0.29, 0.717) is 19.6 Å². The SMILES string of the molecule is CN(Cc1ccccc1)C(=O)CNCc1ccccn1. The minimum atomic E-state index is 0.0739. The third-order valence-electron chi connectivity index (χ3n) is 3.00. The van der Waals surface area contributed by atoms with E-state index in [1.54, 1.807) is 11.1 Å². The maximum atomic E-state index is 12.0. The molecule has 1 amide bonds. The number of benzene rings is 1. The van der Waals surface area contributed by atoms with Gasteiger partial charge in [-0.15, -0.1) is 0 Å². The van der Waals surface area contributed by atoms with E-state index in [4.69, 9.17) is 0 Å². The number of pyridine rings is 1. The lowest BCUT2D eigenvalue weighted by Gasteiger charge is -2.17. The first-order valence-electron chi connectivity index (χ1n) is 6.64. The summed E-state index contributed by atoms with van der Waals surface area (Å²) in [7, 11) is 1.82. The van der Waals surface area contributed by atoms with Crippen LogP contribution in [0, 0.1) is 0 Å². The Hall–Kier alpha value is -2.20. The molecule has 0 spiro atoms. The molecule has 0 aliphatic heterocycles. The van der Waals surface area contributed by atoms with Gasteiger partial charge in [-0.3, -0.25) is 9.78 Å². The van der Waals surface area contributed by atoms with Gasteiger partial charge in [0.1, 0.15) is 0 Å². The first-order chi connectivity index (χ1) is 9.75. The monoisotopic (exact) mass is 269 g/mol. The van der Waals surface area contributed by atoms with Gasteiger partial charge in [0.25, 0.3) is 0 Å². The van der Waals surface area contributed by atoms with Crippen LogP contribution in [0.2, 0.25) is 0 Å². The summed E-state index contributed by atoms with van der Waals surface area (Å²) in [6.07, 6.45) is 1.75. The highest BCUT2D eigenvalue weighted by Crippen LogP contribution is 2.02. The predicted octanol–water partition coefficient (Wildman–Crippen LogP) is 1.83. The van der Waals surface area contributed by atoms with Crippen LogP contribution >= 0.6 is 0 Å². The van der Waals surface area contributed by atoms with Crippen LogP contribution in [0.1, 0.15) is 11.3 Å². The van der Waals surface area contributed by atoms with Crippen molar-refractivity contribution < 1.29 is 4.79 Å².